The van der Waals surface area contributed by atoms with E-state index in [-0.39, 0.29) is 22.8 Å². The highest BCUT2D eigenvalue weighted by Gasteiger charge is 2.32. The normalized spacial score (nSPS) is 15.5. The summed E-state index contributed by atoms with van der Waals surface area (Å²) in [4.78, 5) is 6.69. The molecule has 6 nitrogen and oxygen atoms in total. The number of nitrogens with one attached hydrogen (secondary N) is 1. The second kappa shape index (κ2) is 10.3. The number of benzene rings is 2. The summed E-state index contributed by atoms with van der Waals surface area (Å²) in [6, 6.07) is 9.25. The first kappa shape index (κ1) is 25.7. The van der Waals surface area contributed by atoms with E-state index in [1.807, 2.05) is 0 Å². The monoisotopic (exact) mass is 527 g/mol. The van der Waals surface area contributed by atoms with Crippen LogP contribution in [0.2, 0.25) is 5.02 Å². The average Bonchev–Trinajstić information content (AvgIpc) is 2.79. The Balaban J connectivity index is 1.71. The first-order valence-electron chi connectivity index (χ1n) is 11.2. The van der Waals surface area contributed by atoms with Gasteiger partial charge in [-0.2, -0.15) is 0 Å². The molecule has 188 valence electrons. The van der Waals surface area contributed by atoms with Gasteiger partial charge in [-0.15, -0.1) is 13.2 Å². The molecule has 1 aromatic heterocycles. The van der Waals surface area contributed by atoms with E-state index < -0.39 is 16.2 Å². The second-order valence-corrected chi connectivity index (χ2v) is 11.1. The van der Waals surface area contributed by atoms with Gasteiger partial charge in [0, 0.05) is 61.3 Å². The number of nitrogens with zero attached hydrogens (tertiary/aromatic N) is 2. The summed E-state index contributed by atoms with van der Waals surface area (Å²) in [6.45, 7) is 4.85. The van der Waals surface area contributed by atoms with Crippen LogP contribution < -0.4 is 10.1 Å². The SMILES string of the molecule is CCS(=O)(=O)c1ccc(Cl)cc1Cc1cnc2cc(CN3CCNCC3)c(OC(F)(F)F)cc2c1. The highest BCUT2D eigenvalue weighted by Crippen LogP contribution is 2.32. The van der Waals surface area contributed by atoms with Crippen LogP contribution in [-0.2, 0) is 22.8 Å². The Bertz CT molecular complexity index is 1330. The van der Waals surface area contributed by atoms with Gasteiger partial charge >= 0.3 is 6.36 Å². The molecule has 4 rings (SSSR count). The van der Waals surface area contributed by atoms with E-state index in [9.17, 15) is 21.6 Å². The summed E-state index contributed by atoms with van der Waals surface area (Å²) in [5.74, 6) is -0.328. The molecule has 0 atom stereocenters. The fraction of sp³-hybridized carbons (Fsp3) is 0.375. The minimum Gasteiger partial charge on any atom is -0.405 e. The average molecular weight is 528 g/mol. The van der Waals surface area contributed by atoms with Crippen molar-refractivity contribution < 1.29 is 26.3 Å². The summed E-state index contributed by atoms with van der Waals surface area (Å²) >= 11 is 6.11. The number of halogens is 4. The number of ether oxygens (including phenoxy) is 1. The van der Waals surface area contributed by atoms with Crippen molar-refractivity contribution in [3.63, 3.8) is 0 Å². The molecule has 3 aromatic rings. The second-order valence-electron chi connectivity index (χ2n) is 8.40. The molecular weight excluding hydrogens is 503 g/mol. The molecule has 1 aliphatic rings. The van der Waals surface area contributed by atoms with Crippen LogP contribution >= 0.6 is 11.6 Å². The van der Waals surface area contributed by atoms with Crippen LogP contribution in [0.3, 0.4) is 0 Å². The molecule has 2 heterocycles. The maximum Gasteiger partial charge on any atom is 0.573 e. The van der Waals surface area contributed by atoms with Gasteiger partial charge in [0.2, 0.25) is 0 Å². The number of hydrogen-bond acceptors (Lipinski definition) is 6. The van der Waals surface area contributed by atoms with Gasteiger partial charge in [-0.1, -0.05) is 18.5 Å². The van der Waals surface area contributed by atoms with Gasteiger partial charge < -0.3 is 10.1 Å². The first-order valence-corrected chi connectivity index (χ1v) is 13.2. The number of sulfone groups is 1. The summed E-state index contributed by atoms with van der Waals surface area (Å²) < 4.78 is 68.9. The molecule has 0 aliphatic carbocycles. The van der Waals surface area contributed by atoms with E-state index in [2.05, 4.69) is 19.9 Å². The van der Waals surface area contributed by atoms with Crippen molar-refractivity contribution in [2.24, 2.45) is 0 Å². The zero-order valence-electron chi connectivity index (χ0n) is 19.0. The molecule has 0 saturated carbocycles. The van der Waals surface area contributed by atoms with Crippen molar-refractivity contribution in [2.75, 3.05) is 31.9 Å². The lowest BCUT2D eigenvalue weighted by Gasteiger charge is -2.28. The summed E-state index contributed by atoms with van der Waals surface area (Å²) in [7, 11) is -3.49. The van der Waals surface area contributed by atoms with E-state index in [1.165, 1.54) is 18.2 Å². The lowest BCUT2D eigenvalue weighted by Crippen LogP contribution is -2.43. The Kier molecular flexibility index (Phi) is 7.56. The molecule has 0 radical (unpaired) electrons. The van der Waals surface area contributed by atoms with Crippen molar-refractivity contribution in [3.8, 4) is 5.75 Å². The number of hydrogen-bond donors (Lipinski definition) is 1. The van der Waals surface area contributed by atoms with Crippen LogP contribution in [-0.4, -0.2) is 56.6 Å². The standard InChI is InChI=1S/C24H25ClF3N3O3S/c1-2-35(32,33)23-4-3-20(25)11-18(23)10-16-9-17-13-22(34-24(26,27)28)19(12-21(17)30-14-16)15-31-7-5-29-6-8-31/h3-4,9,11-14,29H,2,5-8,10,15H2,1H3. The van der Waals surface area contributed by atoms with Crippen LogP contribution in [0.4, 0.5) is 13.2 Å². The van der Waals surface area contributed by atoms with E-state index >= 15 is 0 Å². The van der Waals surface area contributed by atoms with Crippen molar-refractivity contribution in [3.05, 3.63) is 64.3 Å². The number of aromatic nitrogens is 1. The topological polar surface area (TPSA) is 71.5 Å². The van der Waals surface area contributed by atoms with Crippen LogP contribution in [0.15, 0.2) is 47.5 Å². The Labute approximate surface area is 207 Å². The van der Waals surface area contributed by atoms with Gasteiger partial charge in [0.25, 0.3) is 0 Å². The molecule has 11 heteroatoms. The quantitative estimate of drug-likeness (QED) is 0.485. The van der Waals surface area contributed by atoms with Gasteiger partial charge in [-0.3, -0.25) is 9.88 Å². The smallest absolute Gasteiger partial charge is 0.405 e. The van der Waals surface area contributed by atoms with Crippen molar-refractivity contribution in [1.29, 1.82) is 0 Å². The fourth-order valence-corrected chi connectivity index (χ4v) is 5.47. The summed E-state index contributed by atoms with van der Waals surface area (Å²) in [5, 5.41) is 4.07. The van der Waals surface area contributed by atoms with Crippen molar-refractivity contribution in [1.82, 2.24) is 15.2 Å². The van der Waals surface area contributed by atoms with Gasteiger partial charge in [0.05, 0.1) is 16.2 Å². The highest BCUT2D eigenvalue weighted by molar-refractivity contribution is 7.91. The molecule has 1 saturated heterocycles. The fourth-order valence-electron chi connectivity index (χ4n) is 4.16. The molecular formula is C24H25ClF3N3O3S. The van der Waals surface area contributed by atoms with Gasteiger partial charge in [0.15, 0.2) is 9.84 Å². The molecule has 35 heavy (non-hydrogen) atoms. The van der Waals surface area contributed by atoms with Crippen LogP contribution in [0.25, 0.3) is 10.9 Å². The molecule has 1 N–H and O–H groups in total. The summed E-state index contributed by atoms with van der Waals surface area (Å²) in [5.41, 5.74) is 2.08. The molecule has 0 spiro atoms. The van der Waals surface area contributed by atoms with Gasteiger partial charge in [-0.25, -0.2) is 8.42 Å². The lowest BCUT2D eigenvalue weighted by atomic mass is 10.0. The van der Waals surface area contributed by atoms with E-state index in [1.54, 1.807) is 31.3 Å². The number of alkyl halides is 3. The minimum absolute atomic E-state index is 0.0639. The number of rotatable bonds is 7. The molecule has 0 amide bonds. The maximum atomic E-state index is 13.2. The largest absolute Gasteiger partial charge is 0.573 e. The molecule has 0 unspecified atom stereocenters. The number of pyridine rings is 1. The van der Waals surface area contributed by atoms with E-state index in [0.717, 1.165) is 26.2 Å². The third kappa shape index (κ3) is 6.43. The van der Waals surface area contributed by atoms with Crippen LogP contribution in [0.1, 0.15) is 23.6 Å². The lowest BCUT2D eigenvalue weighted by molar-refractivity contribution is -0.274. The molecule has 2 aromatic carbocycles. The third-order valence-corrected chi connectivity index (χ3v) is 7.95. The van der Waals surface area contributed by atoms with E-state index in [0.29, 0.717) is 39.2 Å². The molecule has 1 fully saturated rings. The maximum absolute atomic E-state index is 13.2. The zero-order chi connectivity index (χ0) is 25.2. The predicted molar refractivity (Wildman–Crippen MR) is 129 cm³/mol. The van der Waals surface area contributed by atoms with E-state index in [4.69, 9.17) is 11.6 Å². The van der Waals surface area contributed by atoms with Gasteiger partial charge in [-0.05, 0) is 47.5 Å². The summed E-state index contributed by atoms with van der Waals surface area (Å²) in [6.07, 6.45) is -3.03. The van der Waals surface area contributed by atoms with Crippen molar-refractivity contribution in [2.45, 2.75) is 31.1 Å². The molecule has 0 bridgehead atoms. The van der Waals surface area contributed by atoms with Crippen molar-refractivity contribution >= 4 is 32.3 Å². The Hall–Kier alpha value is -2.40. The number of fused-ring (bicyclic) bond motifs is 1. The molecule has 1 aliphatic heterocycles. The minimum atomic E-state index is -4.83. The van der Waals surface area contributed by atoms with Crippen LogP contribution in [0.5, 0.6) is 5.75 Å². The van der Waals surface area contributed by atoms with Gasteiger partial charge in [0.1, 0.15) is 5.75 Å². The Morgan fingerprint density at radius 2 is 1.86 bits per heavy atom. The Morgan fingerprint density at radius 1 is 1.11 bits per heavy atom. The zero-order valence-corrected chi connectivity index (χ0v) is 20.6. The predicted octanol–water partition coefficient (Wildman–Crippen LogP) is 4.58. The number of piperazine rings is 1. The van der Waals surface area contributed by atoms with Crippen LogP contribution in [0, 0.1) is 0 Å². The first-order chi connectivity index (χ1) is 16.5. The third-order valence-electron chi connectivity index (χ3n) is 5.88. The Morgan fingerprint density at radius 3 is 2.54 bits per heavy atom. The highest BCUT2D eigenvalue weighted by atomic mass is 35.5.